The minimum absolute atomic E-state index is 0.252. The van der Waals surface area contributed by atoms with E-state index in [-0.39, 0.29) is 6.04 Å². The van der Waals surface area contributed by atoms with Gasteiger partial charge >= 0.3 is 6.09 Å². The van der Waals surface area contributed by atoms with Gasteiger partial charge in [-0.3, -0.25) is 14.4 Å². The Hall–Kier alpha value is -3.87. The van der Waals surface area contributed by atoms with Gasteiger partial charge in [-0.2, -0.15) is 5.26 Å². The van der Waals surface area contributed by atoms with Gasteiger partial charge in [-0.25, -0.2) is 4.79 Å². The first-order valence-electron chi connectivity index (χ1n) is 10.8. The van der Waals surface area contributed by atoms with E-state index in [2.05, 4.69) is 17.2 Å². The topological polar surface area (TPSA) is 155 Å². The molecule has 0 aliphatic carbocycles. The first-order chi connectivity index (χ1) is 15.8. The van der Waals surface area contributed by atoms with Gasteiger partial charge in [-0.1, -0.05) is 30.9 Å². The van der Waals surface area contributed by atoms with Crippen molar-refractivity contribution in [1.82, 2.24) is 15.5 Å². The molecule has 0 spiro atoms. The van der Waals surface area contributed by atoms with Gasteiger partial charge in [-0.15, -0.1) is 0 Å². The van der Waals surface area contributed by atoms with Gasteiger partial charge in [0.05, 0.1) is 12.5 Å². The van der Waals surface area contributed by atoms with E-state index in [0.29, 0.717) is 11.1 Å². The van der Waals surface area contributed by atoms with Crippen molar-refractivity contribution in [3.63, 3.8) is 0 Å². The van der Waals surface area contributed by atoms with Crippen LogP contribution in [0.15, 0.2) is 30.8 Å². The molecule has 4 N–H and O–H groups in total. The molecule has 4 amide bonds. The molecule has 0 saturated carbocycles. The minimum atomic E-state index is -1.45. The quantitative estimate of drug-likeness (QED) is 0.444. The fourth-order valence-electron chi connectivity index (χ4n) is 3.12. The molecular weight excluding hydrogens is 438 g/mol. The van der Waals surface area contributed by atoms with E-state index in [9.17, 15) is 24.4 Å². The van der Waals surface area contributed by atoms with Gasteiger partial charge < -0.3 is 26.0 Å². The average molecular weight is 472 g/mol. The molecule has 1 rings (SSSR count). The lowest BCUT2D eigenvalue weighted by atomic mass is 9.99. The van der Waals surface area contributed by atoms with E-state index in [1.54, 1.807) is 65.0 Å². The zero-order valence-electron chi connectivity index (χ0n) is 20.3. The highest BCUT2D eigenvalue weighted by Gasteiger charge is 2.37. The molecule has 10 heteroatoms. The Morgan fingerprint density at radius 2 is 1.88 bits per heavy atom. The van der Waals surface area contributed by atoms with Crippen molar-refractivity contribution in [2.75, 3.05) is 6.54 Å². The smallest absolute Gasteiger partial charge is 0.408 e. The van der Waals surface area contributed by atoms with Gasteiger partial charge in [-0.05, 0) is 51.8 Å². The van der Waals surface area contributed by atoms with Crippen molar-refractivity contribution >= 4 is 29.9 Å². The summed E-state index contributed by atoms with van der Waals surface area (Å²) in [6.07, 6.45) is 0.0866. The molecule has 2 atom stereocenters. The average Bonchev–Trinajstić information content (AvgIpc) is 2.70. The maximum Gasteiger partial charge on any atom is 0.408 e. The van der Waals surface area contributed by atoms with E-state index in [0.717, 1.165) is 4.90 Å². The molecule has 1 aromatic carbocycles. The van der Waals surface area contributed by atoms with Crippen LogP contribution in [0.1, 0.15) is 58.2 Å². The number of hydrogen-bond acceptors (Lipinski definition) is 6. The van der Waals surface area contributed by atoms with E-state index in [1.165, 1.54) is 0 Å². The first kappa shape index (κ1) is 28.2. The fraction of sp³-hybridized carbons (Fsp3) is 0.458. The van der Waals surface area contributed by atoms with Crippen LogP contribution in [0.4, 0.5) is 4.79 Å². The van der Waals surface area contributed by atoms with Gasteiger partial charge in [0.1, 0.15) is 24.2 Å². The number of alkyl carbamates (subject to hydrolysis) is 1. The fourth-order valence-corrected chi connectivity index (χ4v) is 3.12. The van der Waals surface area contributed by atoms with Crippen LogP contribution in [0.3, 0.4) is 0 Å². The molecule has 0 heterocycles. The number of ether oxygens (including phenoxy) is 1. The summed E-state index contributed by atoms with van der Waals surface area (Å²) in [6.45, 7) is 11.7. The van der Waals surface area contributed by atoms with Crippen molar-refractivity contribution < 1.29 is 23.9 Å². The lowest BCUT2D eigenvalue weighted by Crippen LogP contribution is -2.54. The monoisotopic (exact) mass is 471 g/mol. The van der Waals surface area contributed by atoms with E-state index in [1.807, 2.05) is 6.07 Å². The normalized spacial score (nSPS) is 12.6. The third-order valence-electron chi connectivity index (χ3n) is 4.37. The number of carbonyl (C=O) groups excluding carboxylic acids is 4. The van der Waals surface area contributed by atoms with Crippen molar-refractivity contribution in [2.45, 2.75) is 64.8 Å². The third-order valence-corrected chi connectivity index (χ3v) is 4.37. The molecule has 0 aliphatic heterocycles. The van der Waals surface area contributed by atoms with Crippen LogP contribution in [0.5, 0.6) is 0 Å². The van der Waals surface area contributed by atoms with Crippen molar-refractivity contribution in [1.29, 1.82) is 5.26 Å². The molecule has 0 aliphatic rings. The summed E-state index contributed by atoms with van der Waals surface area (Å²) in [4.78, 5) is 51.7. The van der Waals surface area contributed by atoms with Crippen LogP contribution < -0.4 is 16.4 Å². The zero-order chi connectivity index (χ0) is 26.1. The lowest BCUT2D eigenvalue weighted by molar-refractivity contribution is -0.142. The number of nitrogens with two attached hydrogens (primary N) is 1. The summed E-state index contributed by atoms with van der Waals surface area (Å²) in [5.41, 5.74) is 5.57. The number of carbonyl (C=O) groups is 4. The molecule has 0 bridgehead atoms. The number of amides is 4. The Labute approximate surface area is 200 Å². The second-order valence-corrected chi connectivity index (χ2v) is 8.93. The highest BCUT2D eigenvalue weighted by Crippen LogP contribution is 2.24. The van der Waals surface area contributed by atoms with Gasteiger partial charge in [0.25, 0.3) is 0 Å². The van der Waals surface area contributed by atoms with Gasteiger partial charge in [0, 0.05) is 6.04 Å². The van der Waals surface area contributed by atoms with Gasteiger partial charge in [0.2, 0.25) is 17.7 Å². The van der Waals surface area contributed by atoms with Crippen molar-refractivity contribution in [3.8, 4) is 6.07 Å². The predicted octanol–water partition coefficient (Wildman–Crippen LogP) is 2.02. The highest BCUT2D eigenvalue weighted by atomic mass is 16.6. The number of primary amides is 1. The SMILES string of the molecule is C=Cc1cccc(C(C(=O)NC(C)C)N(CC#N)C(=O)C(CC(N)=O)NC(=O)OC(C)(C)C)c1. The molecule has 184 valence electrons. The van der Waals surface area contributed by atoms with E-state index < -0.39 is 54.5 Å². The van der Waals surface area contributed by atoms with Crippen LogP contribution in [-0.4, -0.2) is 52.9 Å². The largest absolute Gasteiger partial charge is 0.444 e. The summed E-state index contributed by atoms with van der Waals surface area (Å²) >= 11 is 0. The van der Waals surface area contributed by atoms with Gasteiger partial charge in [0.15, 0.2) is 0 Å². The molecule has 0 radical (unpaired) electrons. The maximum absolute atomic E-state index is 13.5. The van der Waals surface area contributed by atoms with Crippen LogP contribution in [-0.2, 0) is 19.1 Å². The molecule has 1 aromatic rings. The summed E-state index contributed by atoms with van der Waals surface area (Å²) in [5.74, 6) is -2.22. The molecule has 34 heavy (non-hydrogen) atoms. The number of nitrogens with one attached hydrogen (secondary N) is 2. The van der Waals surface area contributed by atoms with Crippen LogP contribution >= 0.6 is 0 Å². The number of rotatable bonds is 10. The summed E-state index contributed by atoms with van der Waals surface area (Å²) < 4.78 is 5.19. The standard InChI is InChI=1S/C24H33N5O5/c1-7-16-9-8-10-17(13-16)20(21(31)27-15(2)3)29(12-11-25)22(32)18(14-19(26)30)28-23(33)34-24(4,5)6/h7-10,13,15,18,20H,1,12,14H2,2-6H3,(H2,26,30)(H,27,31)(H,28,33). The first-order valence-corrected chi connectivity index (χ1v) is 10.8. The third kappa shape index (κ3) is 8.94. The Morgan fingerprint density at radius 1 is 1.24 bits per heavy atom. The zero-order valence-corrected chi connectivity index (χ0v) is 20.3. The molecule has 0 aromatic heterocycles. The van der Waals surface area contributed by atoms with E-state index >= 15 is 0 Å². The summed E-state index contributed by atoms with van der Waals surface area (Å²) in [5, 5.41) is 14.5. The Bertz CT molecular complexity index is 961. The number of nitriles is 1. The number of nitrogens with zero attached hydrogens (tertiary/aromatic N) is 2. The summed E-state index contributed by atoms with van der Waals surface area (Å²) in [7, 11) is 0. The van der Waals surface area contributed by atoms with Crippen molar-refractivity contribution in [2.24, 2.45) is 5.73 Å². The Balaban J connectivity index is 3.49. The van der Waals surface area contributed by atoms with Crippen LogP contribution in [0.25, 0.3) is 6.08 Å². The number of benzene rings is 1. The Kier molecular flexibility index (Phi) is 10.3. The second kappa shape index (κ2) is 12.4. The molecule has 0 fully saturated rings. The van der Waals surface area contributed by atoms with Crippen LogP contribution in [0.2, 0.25) is 0 Å². The number of hydrogen-bond donors (Lipinski definition) is 3. The molecular formula is C24H33N5O5. The Morgan fingerprint density at radius 3 is 2.38 bits per heavy atom. The molecule has 2 unspecified atom stereocenters. The molecule has 0 saturated heterocycles. The summed E-state index contributed by atoms with van der Waals surface area (Å²) in [6, 6.07) is 5.73. The predicted molar refractivity (Wildman–Crippen MR) is 127 cm³/mol. The van der Waals surface area contributed by atoms with Crippen molar-refractivity contribution in [3.05, 3.63) is 42.0 Å². The lowest BCUT2D eigenvalue weighted by Gasteiger charge is -2.33. The van der Waals surface area contributed by atoms with E-state index in [4.69, 9.17) is 10.5 Å². The molecule has 10 nitrogen and oxygen atoms in total. The minimum Gasteiger partial charge on any atom is -0.444 e. The van der Waals surface area contributed by atoms with Crippen LogP contribution in [0, 0.1) is 11.3 Å². The maximum atomic E-state index is 13.5. The second-order valence-electron chi connectivity index (χ2n) is 8.93. The highest BCUT2D eigenvalue weighted by molar-refractivity contribution is 5.94.